The van der Waals surface area contributed by atoms with E-state index in [-0.39, 0.29) is 16.2 Å². The molecule has 0 bridgehead atoms. The molecule has 82 heavy (non-hydrogen) atoms. The van der Waals surface area contributed by atoms with Crippen LogP contribution in [-0.4, -0.2) is 0 Å². The number of hydrogen-bond acceptors (Lipinski definition) is 0. The molecule has 0 saturated heterocycles. The third-order valence-corrected chi connectivity index (χ3v) is 20.1. The summed E-state index contributed by atoms with van der Waals surface area (Å²) in [5.41, 5.74) is 18.7. The predicted octanol–water partition coefficient (Wildman–Crippen LogP) is 23.0. The number of hydrogen-bond donors (Lipinski definition) is 0. The summed E-state index contributed by atoms with van der Waals surface area (Å²) in [6.07, 6.45) is 0. The maximum atomic E-state index is 6.35. The summed E-state index contributed by atoms with van der Waals surface area (Å²) in [4.78, 5) is 0. The molecule has 18 rings (SSSR count). The summed E-state index contributed by atoms with van der Waals surface area (Å²) < 4.78 is 0. The summed E-state index contributed by atoms with van der Waals surface area (Å²) in [5, 5.41) is 24.7. The highest BCUT2D eigenvalue weighted by Crippen LogP contribution is 2.56. The van der Waals surface area contributed by atoms with Gasteiger partial charge in [0.05, 0.1) is 0 Å². The van der Waals surface area contributed by atoms with Crippen molar-refractivity contribution < 1.29 is 0 Å². The Hall–Kier alpha value is -9.07. The zero-order valence-corrected chi connectivity index (χ0v) is 47.7. The van der Waals surface area contributed by atoms with Crippen molar-refractivity contribution in [2.75, 3.05) is 0 Å². The smallest absolute Gasteiger partial charge is 0.0409 e. The fourth-order valence-corrected chi connectivity index (χ4v) is 15.9. The zero-order chi connectivity index (χ0) is 55.1. The van der Waals surface area contributed by atoms with Crippen molar-refractivity contribution in [1.82, 2.24) is 0 Å². The molecule has 0 spiro atoms. The predicted molar refractivity (Wildman–Crippen MR) is 354 cm³/mol. The van der Waals surface area contributed by atoms with Gasteiger partial charge in [0.25, 0.3) is 0 Å². The Balaban J connectivity index is 0.000000160. The van der Waals surface area contributed by atoms with E-state index in [2.05, 4.69) is 272 Å². The van der Waals surface area contributed by atoms with E-state index in [0.717, 1.165) is 5.02 Å². The minimum Gasteiger partial charge on any atom is -0.0843 e. The second kappa shape index (κ2) is 16.8. The number of halogens is 1. The van der Waals surface area contributed by atoms with Crippen LogP contribution in [0.1, 0.15) is 74.9 Å². The fourth-order valence-electron chi connectivity index (χ4n) is 15.7. The lowest BCUT2D eigenvalue weighted by molar-refractivity contribution is 0.660. The monoisotopic (exact) mass is 1060 g/mol. The molecule has 0 aliphatic heterocycles. The first-order valence-corrected chi connectivity index (χ1v) is 29.5. The van der Waals surface area contributed by atoms with Gasteiger partial charge in [-0.15, -0.1) is 0 Å². The van der Waals surface area contributed by atoms with E-state index >= 15 is 0 Å². The van der Waals surface area contributed by atoms with Crippen LogP contribution in [0, 0.1) is 0 Å². The van der Waals surface area contributed by atoms with Gasteiger partial charge >= 0.3 is 0 Å². The van der Waals surface area contributed by atoms with Gasteiger partial charge in [-0.25, -0.2) is 0 Å². The molecular weight excluding hydrogens is 1010 g/mol. The largest absolute Gasteiger partial charge is 0.0843 e. The maximum absolute atomic E-state index is 6.35. The summed E-state index contributed by atoms with van der Waals surface area (Å²) in [5.74, 6) is 0. The van der Waals surface area contributed by atoms with E-state index in [1.54, 1.807) is 0 Å². The number of benzene rings is 15. The Kier molecular flexibility index (Phi) is 9.75. The van der Waals surface area contributed by atoms with E-state index < -0.39 is 0 Å². The van der Waals surface area contributed by atoms with E-state index in [1.165, 1.54) is 175 Å². The van der Waals surface area contributed by atoms with Crippen molar-refractivity contribution in [3.05, 3.63) is 275 Å². The molecule has 0 atom stereocenters. The fraction of sp³-hybridized carbons (Fsp3) is 0.111. The second-order valence-corrected chi connectivity index (χ2v) is 25.6. The van der Waals surface area contributed by atoms with Crippen molar-refractivity contribution >= 4 is 109 Å². The first-order valence-electron chi connectivity index (χ1n) is 29.1. The molecule has 0 fully saturated rings. The molecule has 0 nitrogen and oxygen atoms in total. The molecule has 0 heterocycles. The molecule has 3 aliphatic carbocycles. The third kappa shape index (κ3) is 6.45. The van der Waals surface area contributed by atoms with Crippen LogP contribution in [-0.2, 0) is 16.2 Å². The van der Waals surface area contributed by atoms with Gasteiger partial charge in [-0.2, -0.15) is 0 Å². The van der Waals surface area contributed by atoms with Crippen LogP contribution in [0.15, 0.2) is 237 Å². The summed E-state index contributed by atoms with van der Waals surface area (Å²) >= 11 is 6.35. The van der Waals surface area contributed by atoms with Gasteiger partial charge in [-0.05, 0) is 236 Å². The molecular formula is C81H57Cl. The van der Waals surface area contributed by atoms with Crippen molar-refractivity contribution in [2.24, 2.45) is 0 Å². The van der Waals surface area contributed by atoms with Crippen molar-refractivity contribution in [2.45, 2.75) is 57.8 Å². The van der Waals surface area contributed by atoms with Crippen LogP contribution in [0.2, 0.25) is 5.02 Å². The lowest BCUT2D eigenvalue weighted by Crippen LogP contribution is -2.15. The minimum absolute atomic E-state index is 0.0590. The summed E-state index contributed by atoms with van der Waals surface area (Å²) in [7, 11) is 0. The molecule has 0 aromatic heterocycles. The molecule has 0 saturated carbocycles. The Labute approximate surface area is 482 Å². The van der Waals surface area contributed by atoms with E-state index in [9.17, 15) is 0 Å². The average molecular weight is 1070 g/mol. The highest BCUT2D eigenvalue weighted by Gasteiger charge is 2.40. The van der Waals surface area contributed by atoms with Gasteiger partial charge in [0.1, 0.15) is 0 Å². The lowest BCUT2D eigenvalue weighted by atomic mass is 9.79. The Morgan fingerprint density at radius 3 is 0.671 bits per heavy atom. The SMILES string of the molecule is CC1(C)c2cc(-c3ccc4c(c3)C(C)(C)c3cc5c6ccccc6c6ccccc6c5cc3-4)ccc2-c2cc3c4ccccc4c4ccccc4c3cc21.CC1(C)c2cc(Cl)ccc2-c2cc3c4ccccc4c4ccccc4c3cc21. The molecule has 15 aromatic carbocycles. The van der Waals surface area contributed by atoms with E-state index in [1.807, 2.05) is 6.07 Å². The molecule has 3 aliphatic rings. The van der Waals surface area contributed by atoms with Gasteiger partial charge in [0, 0.05) is 21.3 Å². The van der Waals surface area contributed by atoms with Crippen LogP contribution in [0.5, 0.6) is 0 Å². The molecule has 1 heteroatoms. The quantitative estimate of drug-likeness (QED) is 0.144. The van der Waals surface area contributed by atoms with Gasteiger partial charge < -0.3 is 0 Å². The Morgan fingerprint density at radius 2 is 0.402 bits per heavy atom. The Morgan fingerprint density at radius 1 is 0.195 bits per heavy atom. The standard InChI is InChI=1S/C54H38.C27H19Cl/c1-53(2)49-25-31(21-23-41(49)47-27-43-37-17-9-5-13-33(37)35-15-7-11-19-39(35)45(43)29-51(47)53)32-22-24-42-48-28-44-38-18-10-6-14-34(38)36-16-8-12-20-40(36)46(44)30-52(48)54(3,4)50(42)26-32;1-27(2)25-13-16(28)11-12-21(25)24-14-22-19-9-5-3-7-17(19)18-8-4-6-10-20(18)23(22)15-26(24)27/h5-30H,1-4H3;3-15H,1-2H3. The molecule has 0 amide bonds. The van der Waals surface area contributed by atoms with Crippen molar-refractivity contribution in [3.63, 3.8) is 0 Å². The average Bonchev–Trinajstić information content (AvgIpc) is 2.30. The molecule has 0 unspecified atom stereocenters. The number of fused-ring (bicyclic) bond motifs is 27. The second-order valence-electron chi connectivity index (χ2n) is 25.2. The van der Waals surface area contributed by atoms with E-state index in [4.69, 9.17) is 11.6 Å². The van der Waals surface area contributed by atoms with Gasteiger partial charge in [0.15, 0.2) is 0 Å². The van der Waals surface area contributed by atoms with Crippen molar-refractivity contribution in [3.8, 4) is 44.5 Å². The summed E-state index contributed by atoms with van der Waals surface area (Å²) in [6, 6.07) is 88.8. The van der Waals surface area contributed by atoms with Gasteiger partial charge in [0.2, 0.25) is 0 Å². The van der Waals surface area contributed by atoms with Gasteiger partial charge in [-0.1, -0.05) is 229 Å². The third-order valence-electron chi connectivity index (χ3n) is 19.9. The molecule has 388 valence electrons. The lowest BCUT2D eigenvalue weighted by Gasteiger charge is -2.24. The first kappa shape index (κ1) is 47.7. The van der Waals surface area contributed by atoms with Crippen LogP contribution >= 0.6 is 11.6 Å². The zero-order valence-electron chi connectivity index (χ0n) is 46.9. The maximum Gasteiger partial charge on any atom is 0.0409 e. The first-order chi connectivity index (χ1) is 39.8. The topological polar surface area (TPSA) is 0 Å². The van der Waals surface area contributed by atoms with Crippen LogP contribution in [0.25, 0.3) is 141 Å². The highest BCUT2D eigenvalue weighted by atomic mass is 35.5. The van der Waals surface area contributed by atoms with E-state index in [0.29, 0.717) is 0 Å². The minimum atomic E-state index is -0.125. The van der Waals surface area contributed by atoms with Crippen molar-refractivity contribution in [1.29, 1.82) is 0 Å². The summed E-state index contributed by atoms with van der Waals surface area (Å²) in [6.45, 7) is 14.3. The molecule has 0 radical (unpaired) electrons. The highest BCUT2D eigenvalue weighted by molar-refractivity contribution is 6.31. The van der Waals surface area contributed by atoms with Gasteiger partial charge in [-0.3, -0.25) is 0 Å². The van der Waals surface area contributed by atoms with Crippen LogP contribution in [0.4, 0.5) is 0 Å². The van der Waals surface area contributed by atoms with Crippen LogP contribution < -0.4 is 0 Å². The Bertz CT molecular complexity index is 5150. The molecule has 0 N–H and O–H groups in total. The number of rotatable bonds is 1. The molecule has 15 aromatic rings. The normalized spacial score (nSPS) is 14.8. The van der Waals surface area contributed by atoms with Crippen LogP contribution in [0.3, 0.4) is 0 Å².